The second kappa shape index (κ2) is 2.80. The molecule has 0 aromatic carbocycles. The first-order chi connectivity index (χ1) is 6.77. The highest BCUT2D eigenvalue weighted by molar-refractivity contribution is 5.25. The summed E-state index contributed by atoms with van der Waals surface area (Å²) in [7, 11) is 0. The van der Waals surface area contributed by atoms with E-state index in [9.17, 15) is 0 Å². The number of aromatic nitrogens is 1. The standard InChI is InChI=1S/C12H16N2/c1-9-6-10(2-5-13-9)11-7-12(3-4-12)14-8-11/h2,5-6,11,14H,3-4,7-8H2,1H3. The van der Waals surface area contributed by atoms with Crippen LogP contribution in [0.4, 0.5) is 0 Å². The third-order valence-electron chi connectivity index (χ3n) is 3.61. The lowest BCUT2D eigenvalue weighted by Crippen LogP contribution is -2.22. The lowest BCUT2D eigenvalue weighted by atomic mass is 9.96. The molecule has 0 bridgehead atoms. The molecule has 1 aliphatic carbocycles. The van der Waals surface area contributed by atoms with Crippen LogP contribution < -0.4 is 5.32 Å². The van der Waals surface area contributed by atoms with Crippen LogP contribution in [0.25, 0.3) is 0 Å². The van der Waals surface area contributed by atoms with Crippen LogP contribution in [0.5, 0.6) is 0 Å². The Balaban J connectivity index is 1.82. The molecule has 2 heterocycles. The van der Waals surface area contributed by atoms with Crippen LogP contribution in [0.3, 0.4) is 0 Å². The monoisotopic (exact) mass is 188 g/mol. The lowest BCUT2D eigenvalue weighted by molar-refractivity contribution is 0.595. The Kier molecular flexibility index (Phi) is 1.68. The largest absolute Gasteiger partial charge is 0.311 e. The normalized spacial score (nSPS) is 28.2. The molecule has 1 N–H and O–H groups in total. The van der Waals surface area contributed by atoms with Crippen LogP contribution in [-0.4, -0.2) is 17.1 Å². The zero-order valence-electron chi connectivity index (χ0n) is 8.59. The average Bonchev–Trinajstić information content (AvgIpc) is 2.76. The highest BCUT2D eigenvalue weighted by atomic mass is 15.1. The number of hydrogen-bond donors (Lipinski definition) is 1. The van der Waals surface area contributed by atoms with E-state index in [4.69, 9.17) is 0 Å². The topological polar surface area (TPSA) is 24.9 Å². The summed E-state index contributed by atoms with van der Waals surface area (Å²) >= 11 is 0. The molecule has 0 amide bonds. The van der Waals surface area contributed by atoms with E-state index in [-0.39, 0.29) is 0 Å². The molecule has 1 saturated heterocycles. The van der Waals surface area contributed by atoms with Crippen molar-refractivity contribution < 1.29 is 0 Å². The van der Waals surface area contributed by atoms with Crippen LogP contribution in [-0.2, 0) is 0 Å². The minimum atomic E-state index is 0.543. The molecular formula is C12H16N2. The molecule has 2 nitrogen and oxygen atoms in total. The van der Waals surface area contributed by atoms with Crippen molar-refractivity contribution in [2.75, 3.05) is 6.54 Å². The molecule has 1 aromatic heterocycles. The van der Waals surface area contributed by atoms with Crippen LogP contribution >= 0.6 is 0 Å². The summed E-state index contributed by atoms with van der Waals surface area (Å²) in [6, 6.07) is 4.40. The smallest absolute Gasteiger partial charge is 0.0375 e. The summed E-state index contributed by atoms with van der Waals surface area (Å²) in [6.45, 7) is 3.22. The highest BCUT2D eigenvalue weighted by Gasteiger charge is 2.48. The summed E-state index contributed by atoms with van der Waals surface area (Å²) in [6.07, 6.45) is 6.03. The number of rotatable bonds is 1. The molecule has 3 rings (SSSR count). The quantitative estimate of drug-likeness (QED) is 0.729. The average molecular weight is 188 g/mol. The van der Waals surface area contributed by atoms with Gasteiger partial charge in [-0.05, 0) is 49.8 Å². The van der Waals surface area contributed by atoms with Gasteiger partial charge in [0, 0.05) is 24.0 Å². The predicted molar refractivity (Wildman–Crippen MR) is 56.3 cm³/mol. The van der Waals surface area contributed by atoms with Crippen LogP contribution in [0.2, 0.25) is 0 Å². The predicted octanol–water partition coefficient (Wildman–Crippen LogP) is 2.00. The van der Waals surface area contributed by atoms with Gasteiger partial charge in [0.15, 0.2) is 0 Å². The number of pyridine rings is 1. The summed E-state index contributed by atoms with van der Waals surface area (Å²) < 4.78 is 0. The maximum absolute atomic E-state index is 4.24. The van der Waals surface area contributed by atoms with Gasteiger partial charge in [-0.15, -0.1) is 0 Å². The van der Waals surface area contributed by atoms with Crippen molar-refractivity contribution in [3.63, 3.8) is 0 Å². The van der Waals surface area contributed by atoms with Gasteiger partial charge in [0.2, 0.25) is 0 Å². The molecule has 2 aliphatic rings. The Morgan fingerprint density at radius 3 is 3.00 bits per heavy atom. The minimum absolute atomic E-state index is 0.543. The Hall–Kier alpha value is -0.890. The number of nitrogens with zero attached hydrogens (tertiary/aromatic N) is 1. The van der Waals surface area contributed by atoms with E-state index in [2.05, 4.69) is 29.4 Å². The van der Waals surface area contributed by atoms with Crippen molar-refractivity contribution in [3.8, 4) is 0 Å². The van der Waals surface area contributed by atoms with Crippen molar-refractivity contribution in [2.45, 2.75) is 37.6 Å². The Bertz CT molecular complexity index is 355. The molecular weight excluding hydrogens is 172 g/mol. The van der Waals surface area contributed by atoms with E-state index in [1.54, 1.807) is 0 Å². The minimum Gasteiger partial charge on any atom is -0.311 e. The first kappa shape index (κ1) is 8.42. The maximum atomic E-state index is 4.24. The Morgan fingerprint density at radius 2 is 2.36 bits per heavy atom. The van der Waals surface area contributed by atoms with E-state index >= 15 is 0 Å². The van der Waals surface area contributed by atoms with E-state index < -0.39 is 0 Å². The SMILES string of the molecule is Cc1cc(C2CNC3(CC3)C2)ccn1. The molecule has 2 heteroatoms. The zero-order valence-corrected chi connectivity index (χ0v) is 8.59. The molecule has 14 heavy (non-hydrogen) atoms. The first-order valence-electron chi connectivity index (χ1n) is 5.45. The summed E-state index contributed by atoms with van der Waals surface area (Å²) in [4.78, 5) is 4.24. The highest BCUT2D eigenvalue weighted by Crippen LogP contribution is 2.47. The van der Waals surface area contributed by atoms with Crippen molar-refractivity contribution in [1.82, 2.24) is 10.3 Å². The van der Waals surface area contributed by atoms with Gasteiger partial charge in [0.25, 0.3) is 0 Å². The van der Waals surface area contributed by atoms with E-state index in [1.807, 2.05) is 6.20 Å². The molecule has 1 aliphatic heterocycles. The molecule has 1 aromatic rings. The fraction of sp³-hybridized carbons (Fsp3) is 0.583. The third-order valence-corrected chi connectivity index (χ3v) is 3.61. The molecule has 2 fully saturated rings. The van der Waals surface area contributed by atoms with Gasteiger partial charge in [-0.2, -0.15) is 0 Å². The molecule has 1 saturated carbocycles. The molecule has 74 valence electrons. The molecule has 1 atom stereocenters. The maximum Gasteiger partial charge on any atom is 0.0375 e. The van der Waals surface area contributed by atoms with E-state index in [1.165, 1.54) is 24.8 Å². The number of nitrogens with one attached hydrogen (secondary N) is 1. The Morgan fingerprint density at radius 1 is 1.50 bits per heavy atom. The van der Waals surface area contributed by atoms with Gasteiger partial charge in [0.1, 0.15) is 0 Å². The van der Waals surface area contributed by atoms with E-state index in [0.717, 1.165) is 18.2 Å². The van der Waals surface area contributed by atoms with Crippen LogP contribution in [0.1, 0.15) is 36.4 Å². The van der Waals surface area contributed by atoms with Crippen molar-refractivity contribution in [3.05, 3.63) is 29.6 Å². The van der Waals surface area contributed by atoms with Gasteiger partial charge in [0.05, 0.1) is 0 Å². The number of hydrogen-bond acceptors (Lipinski definition) is 2. The molecule has 1 spiro atoms. The van der Waals surface area contributed by atoms with Crippen LogP contribution in [0, 0.1) is 6.92 Å². The first-order valence-corrected chi connectivity index (χ1v) is 5.45. The van der Waals surface area contributed by atoms with Gasteiger partial charge in [-0.3, -0.25) is 4.98 Å². The third kappa shape index (κ3) is 1.34. The van der Waals surface area contributed by atoms with Crippen molar-refractivity contribution >= 4 is 0 Å². The fourth-order valence-corrected chi connectivity index (χ4v) is 2.54. The fourth-order valence-electron chi connectivity index (χ4n) is 2.54. The Labute approximate surface area is 84.7 Å². The second-order valence-corrected chi connectivity index (χ2v) is 4.79. The summed E-state index contributed by atoms with van der Waals surface area (Å²) in [5.74, 6) is 0.721. The summed E-state index contributed by atoms with van der Waals surface area (Å²) in [5, 5.41) is 3.65. The molecule has 0 radical (unpaired) electrons. The lowest BCUT2D eigenvalue weighted by Gasteiger charge is -2.09. The van der Waals surface area contributed by atoms with Crippen molar-refractivity contribution in [1.29, 1.82) is 0 Å². The van der Waals surface area contributed by atoms with Gasteiger partial charge in [-0.1, -0.05) is 0 Å². The van der Waals surface area contributed by atoms with Gasteiger partial charge in [-0.25, -0.2) is 0 Å². The second-order valence-electron chi connectivity index (χ2n) is 4.79. The van der Waals surface area contributed by atoms with Crippen molar-refractivity contribution in [2.24, 2.45) is 0 Å². The number of aryl methyl sites for hydroxylation is 1. The van der Waals surface area contributed by atoms with Gasteiger partial charge >= 0.3 is 0 Å². The van der Waals surface area contributed by atoms with E-state index in [0.29, 0.717) is 5.54 Å². The van der Waals surface area contributed by atoms with Crippen LogP contribution in [0.15, 0.2) is 18.3 Å². The zero-order chi connectivity index (χ0) is 9.60. The van der Waals surface area contributed by atoms with Gasteiger partial charge < -0.3 is 5.32 Å². The summed E-state index contributed by atoms with van der Waals surface area (Å²) in [5.41, 5.74) is 3.15. The molecule has 1 unspecified atom stereocenters.